The zero-order valence-electron chi connectivity index (χ0n) is 10.7. The van der Waals surface area contributed by atoms with Crippen LogP contribution in [0.2, 0.25) is 0 Å². The average molecular weight is 282 g/mol. The number of carbonyl (C=O) groups is 1. The highest BCUT2D eigenvalue weighted by atomic mass is 35.5. The summed E-state index contributed by atoms with van der Waals surface area (Å²) in [6, 6.07) is 5.08. The number of halogens is 1. The van der Waals surface area contributed by atoms with E-state index in [9.17, 15) is 4.79 Å². The minimum atomic E-state index is -1.12. The van der Waals surface area contributed by atoms with E-state index in [0.29, 0.717) is 35.9 Å². The van der Waals surface area contributed by atoms with Gasteiger partial charge in [-0.15, -0.1) is 11.6 Å². The van der Waals surface area contributed by atoms with Gasteiger partial charge in [-0.25, -0.2) is 4.79 Å². The molecule has 0 saturated carbocycles. The van der Waals surface area contributed by atoms with Crippen LogP contribution >= 0.6 is 11.6 Å². The van der Waals surface area contributed by atoms with Crippen molar-refractivity contribution < 1.29 is 14.6 Å². The molecule has 4 nitrogen and oxygen atoms in total. The summed E-state index contributed by atoms with van der Waals surface area (Å²) in [5, 5.41) is 11.1. The van der Waals surface area contributed by atoms with Gasteiger partial charge in [0.05, 0.1) is 17.9 Å². The molecule has 0 fully saturated rings. The lowest BCUT2D eigenvalue weighted by Crippen LogP contribution is -2.08. The SMILES string of the molecule is CCOc1ccc(NC(=O)O)c(C#CCCCCl)c1. The number of carboxylic acid groups (broad SMARTS) is 1. The second kappa shape index (κ2) is 8.28. The molecule has 1 aromatic rings. The van der Waals surface area contributed by atoms with Crippen LogP contribution in [-0.4, -0.2) is 23.7 Å². The lowest BCUT2D eigenvalue weighted by Gasteiger charge is -2.07. The Bertz CT molecular complexity index is 491. The van der Waals surface area contributed by atoms with E-state index in [-0.39, 0.29) is 0 Å². The predicted molar refractivity (Wildman–Crippen MR) is 76.1 cm³/mol. The van der Waals surface area contributed by atoms with E-state index in [1.54, 1.807) is 18.2 Å². The van der Waals surface area contributed by atoms with Crippen molar-refractivity contribution in [1.29, 1.82) is 0 Å². The van der Waals surface area contributed by atoms with Crippen molar-refractivity contribution in [3.8, 4) is 17.6 Å². The molecule has 2 N–H and O–H groups in total. The highest BCUT2D eigenvalue weighted by Crippen LogP contribution is 2.21. The topological polar surface area (TPSA) is 58.6 Å². The molecular formula is C14H16ClNO3. The number of anilines is 1. The highest BCUT2D eigenvalue weighted by molar-refractivity contribution is 6.17. The third kappa shape index (κ3) is 5.54. The first-order valence-corrected chi connectivity index (χ1v) is 6.52. The number of hydrogen-bond donors (Lipinski definition) is 2. The number of alkyl halides is 1. The molecule has 0 bridgehead atoms. The number of unbranched alkanes of at least 4 members (excludes halogenated alkanes) is 1. The maximum absolute atomic E-state index is 10.7. The highest BCUT2D eigenvalue weighted by Gasteiger charge is 2.05. The molecule has 1 aromatic carbocycles. The number of amides is 1. The van der Waals surface area contributed by atoms with Crippen molar-refractivity contribution in [2.45, 2.75) is 19.8 Å². The summed E-state index contributed by atoms with van der Waals surface area (Å²) in [6.45, 7) is 2.43. The molecule has 102 valence electrons. The monoisotopic (exact) mass is 281 g/mol. The van der Waals surface area contributed by atoms with Gasteiger partial charge in [-0.2, -0.15) is 0 Å². The van der Waals surface area contributed by atoms with Crippen LogP contribution in [0, 0.1) is 11.8 Å². The van der Waals surface area contributed by atoms with Crippen molar-refractivity contribution >= 4 is 23.4 Å². The quantitative estimate of drug-likeness (QED) is 0.493. The Hall–Kier alpha value is -1.86. The second-order valence-corrected chi connectivity index (χ2v) is 4.04. The smallest absolute Gasteiger partial charge is 0.409 e. The molecule has 0 unspecified atom stereocenters. The van der Waals surface area contributed by atoms with Crippen LogP contribution in [0.3, 0.4) is 0 Å². The first-order valence-electron chi connectivity index (χ1n) is 5.99. The van der Waals surface area contributed by atoms with Crippen LogP contribution in [0.15, 0.2) is 18.2 Å². The molecule has 0 aliphatic carbocycles. The normalized spacial score (nSPS) is 9.37. The fourth-order valence-corrected chi connectivity index (χ4v) is 1.55. The summed E-state index contributed by atoms with van der Waals surface area (Å²) < 4.78 is 5.37. The third-order valence-corrected chi connectivity index (χ3v) is 2.47. The zero-order valence-corrected chi connectivity index (χ0v) is 11.5. The number of rotatable bonds is 5. The first-order chi connectivity index (χ1) is 9.17. The summed E-state index contributed by atoms with van der Waals surface area (Å²) >= 11 is 5.57. The molecule has 0 aromatic heterocycles. The summed E-state index contributed by atoms with van der Waals surface area (Å²) in [4.78, 5) is 10.7. The number of benzene rings is 1. The number of ether oxygens (including phenoxy) is 1. The molecule has 19 heavy (non-hydrogen) atoms. The fraction of sp³-hybridized carbons (Fsp3) is 0.357. The van der Waals surface area contributed by atoms with Gasteiger partial charge in [-0.05, 0) is 31.5 Å². The molecule has 0 radical (unpaired) electrons. The molecule has 1 amide bonds. The number of hydrogen-bond acceptors (Lipinski definition) is 2. The molecule has 0 heterocycles. The number of nitrogens with one attached hydrogen (secondary N) is 1. The van der Waals surface area contributed by atoms with Crippen LogP contribution in [0.1, 0.15) is 25.3 Å². The van der Waals surface area contributed by atoms with E-state index in [1.807, 2.05) is 6.92 Å². The standard InChI is InChI=1S/C14H16ClNO3/c1-2-19-12-7-8-13(16-14(17)18)11(10-12)6-4-3-5-9-15/h7-8,10,16H,2-3,5,9H2,1H3,(H,17,18). The van der Waals surface area contributed by atoms with Crippen LogP contribution in [0.5, 0.6) is 5.75 Å². The van der Waals surface area contributed by atoms with E-state index >= 15 is 0 Å². The van der Waals surface area contributed by atoms with Gasteiger partial charge in [0.2, 0.25) is 0 Å². The minimum absolute atomic E-state index is 0.453. The molecule has 0 aliphatic rings. The van der Waals surface area contributed by atoms with Gasteiger partial charge in [0, 0.05) is 12.3 Å². The average Bonchev–Trinajstić information content (AvgIpc) is 2.37. The Morgan fingerprint density at radius 1 is 1.53 bits per heavy atom. The van der Waals surface area contributed by atoms with E-state index in [2.05, 4.69) is 17.2 Å². The lowest BCUT2D eigenvalue weighted by atomic mass is 10.1. The molecule has 1 rings (SSSR count). The zero-order chi connectivity index (χ0) is 14.1. The Morgan fingerprint density at radius 3 is 2.95 bits per heavy atom. The van der Waals surface area contributed by atoms with Crippen molar-refractivity contribution in [2.75, 3.05) is 17.8 Å². The Kier molecular flexibility index (Phi) is 6.62. The van der Waals surface area contributed by atoms with Gasteiger partial charge in [0.25, 0.3) is 0 Å². The van der Waals surface area contributed by atoms with Crippen molar-refractivity contribution in [3.05, 3.63) is 23.8 Å². The van der Waals surface area contributed by atoms with E-state index in [4.69, 9.17) is 21.4 Å². The molecule has 0 atom stereocenters. The second-order valence-electron chi connectivity index (χ2n) is 3.66. The molecule has 0 spiro atoms. The minimum Gasteiger partial charge on any atom is -0.494 e. The summed E-state index contributed by atoms with van der Waals surface area (Å²) in [5.41, 5.74) is 1.05. The Balaban J connectivity index is 2.95. The largest absolute Gasteiger partial charge is 0.494 e. The van der Waals surface area contributed by atoms with Crippen molar-refractivity contribution in [2.24, 2.45) is 0 Å². The summed E-state index contributed by atoms with van der Waals surface area (Å²) in [5.74, 6) is 7.13. The van der Waals surface area contributed by atoms with Crippen molar-refractivity contribution in [3.63, 3.8) is 0 Å². The van der Waals surface area contributed by atoms with E-state index in [1.165, 1.54) is 0 Å². The fourth-order valence-electron chi connectivity index (χ4n) is 1.42. The van der Waals surface area contributed by atoms with Crippen LogP contribution in [0.4, 0.5) is 10.5 Å². The maximum Gasteiger partial charge on any atom is 0.409 e. The lowest BCUT2D eigenvalue weighted by molar-refractivity contribution is 0.209. The summed E-state index contributed by atoms with van der Waals surface area (Å²) in [6.07, 6.45) is 0.365. The third-order valence-electron chi connectivity index (χ3n) is 2.20. The van der Waals surface area contributed by atoms with Gasteiger partial charge in [0.15, 0.2) is 0 Å². The maximum atomic E-state index is 10.7. The van der Waals surface area contributed by atoms with Gasteiger partial charge in [0.1, 0.15) is 5.75 Å². The first kappa shape index (κ1) is 15.2. The molecule has 0 aliphatic heterocycles. The summed E-state index contributed by atoms with van der Waals surface area (Å²) in [7, 11) is 0. The predicted octanol–water partition coefficient (Wildman–Crippen LogP) is 3.55. The van der Waals surface area contributed by atoms with Crippen LogP contribution < -0.4 is 10.1 Å². The Morgan fingerprint density at radius 2 is 2.32 bits per heavy atom. The molecule has 5 heteroatoms. The Labute approximate surface area is 117 Å². The van der Waals surface area contributed by atoms with Crippen LogP contribution in [0.25, 0.3) is 0 Å². The van der Waals surface area contributed by atoms with Gasteiger partial charge in [-0.1, -0.05) is 11.8 Å². The van der Waals surface area contributed by atoms with Crippen molar-refractivity contribution in [1.82, 2.24) is 0 Å². The molecule has 0 saturated heterocycles. The van der Waals surface area contributed by atoms with Gasteiger partial charge in [-0.3, -0.25) is 5.32 Å². The van der Waals surface area contributed by atoms with E-state index < -0.39 is 6.09 Å². The van der Waals surface area contributed by atoms with Gasteiger partial charge >= 0.3 is 6.09 Å². The van der Waals surface area contributed by atoms with E-state index in [0.717, 1.165) is 6.42 Å². The van der Waals surface area contributed by atoms with Gasteiger partial charge < -0.3 is 9.84 Å². The van der Waals surface area contributed by atoms with Crippen LogP contribution in [-0.2, 0) is 0 Å². The molecular weight excluding hydrogens is 266 g/mol.